The zero-order valence-corrected chi connectivity index (χ0v) is 16.6. The minimum atomic E-state index is -1.87. The van der Waals surface area contributed by atoms with Gasteiger partial charge in [0.1, 0.15) is 30.7 Å². The quantitative estimate of drug-likeness (QED) is 0.345. The summed E-state index contributed by atoms with van der Waals surface area (Å²) >= 11 is 0. The van der Waals surface area contributed by atoms with Gasteiger partial charge in [0.15, 0.2) is 6.10 Å². The molecule has 0 aliphatic carbocycles. The summed E-state index contributed by atoms with van der Waals surface area (Å²) in [6.45, 7) is 4.63. The third-order valence-corrected chi connectivity index (χ3v) is 4.21. The molecule has 11 heteroatoms. The number of aliphatic carboxylic acids is 1. The van der Waals surface area contributed by atoms with Crippen LogP contribution in [0, 0.1) is 0 Å². The summed E-state index contributed by atoms with van der Waals surface area (Å²) in [7, 11) is 0. The van der Waals surface area contributed by atoms with Crippen molar-refractivity contribution in [3.8, 4) is 5.75 Å². The number of amides is 1. The maximum Gasteiger partial charge on any atom is 0.335 e. The van der Waals surface area contributed by atoms with Gasteiger partial charge in [-0.1, -0.05) is 6.07 Å². The molecule has 1 saturated heterocycles. The average molecular weight is 427 g/mol. The van der Waals surface area contributed by atoms with Crippen LogP contribution in [-0.2, 0) is 25.7 Å². The van der Waals surface area contributed by atoms with E-state index in [9.17, 15) is 29.7 Å². The smallest absolute Gasteiger partial charge is 0.335 e. The minimum Gasteiger partial charge on any atom is -0.479 e. The molecule has 1 aliphatic rings. The van der Waals surface area contributed by atoms with Gasteiger partial charge in [0.05, 0.1) is 5.56 Å². The fourth-order valence-corrected chi connectivity index (χ4v) is 2.75. The molecule has 0 spiro atoms. The van der Waals surface area contributed by atoms with E-state index in [2.05, 4.69) is 5.32 Å². The number of esters is 1. The van der Waals surface area contributed by atoms with Crippen molar-refractivity contribution in [3.63, 3.8) is 0 Å². The van der Waals surface area contributed by atoms with Crippen molar-refractivity contribution >= 4 is 17.8 Å². The molecule has 5 N–H and O–H groups in total. The highest BCUT2D eigenvalue weighted by molar-refractivity contribution is 5.97. The molecule has 0 saturated carbocycles. The molecule has 1 heterocycles. The van der Waals surface area contributed by atoms with E-state index in [1.165, 1.54) is 25.1 Å². The third kappa shape index (κ3) is 5.66. The van der Waals surface area contributed by atoms with Gasteiger partial charge in [0.25, 0.3) is 5.91 Å². The fourth-order valence-electron chi connectivity index (χ4n) is 2.75. The maximum atomic E-state index is 12.6. The zero-order valence-electron chi connectivity index (χ0n) is 16.6. The van der Waals surface area contributed by atoms with Crippen LogP contribution in [0.1, 0.15) is 36.7 Å². The van der Waals surface area contributed by atoms with Crippen LogP contribution < -0.4 is 10.1 Å². The second kappa shape index (κ2) is 9.85. The number of aliphatic hydroxyl groups excluding tert-OH is 3. The zero-order chi connectivity index (χ0) is 22.6. The van der Waals surface area contributed by atoms with Crippen LogP contribution >= 0.6 is 0 Å². The molecule has 2 rings (SSSR count). The lowest BCUT2D eigenvalue weighted by Crippen LogP contribution is -2.61. The minimum absolute atomic E-state index is 0.0108. The van der Waals surface area contributed by atoms with Gasteiger partial charge in [-0.3, -0.25) is 9.59 Å². The standard InChI is InChI=1S/C19H25NO10/c1-8(2)20-17(25)11-6-10(7-28-9(3)21)4-5-12(11)29-19-15(24)13(22)14(23)16(30-19)18(26)27/h4-6,8,13-16,19,22-24H,7H2,1-3H3,(H,20,25)(H,26,27)/t13-,14-,15+,16-,19+/m0/s1. The van der Waals surface area contributed by atoms with Gasteiger partial charge in [0, 0.05) is 13.0 Å². The summed E-state index contributed by atoms with van der Waals surface area (Å²) in [6, 6.07) is 4.05. The summed E-state index contributed by atoms with van der Waals surface area (Å²) in [4.78, 5) is 34.9. The number of carboxylic acid groups (broad SMARTS) is 1. The molecule has 166 valence electrons. The van der Waals surface area contributed by atoms with Gasteiger partial charge >= 0.3 is 11.9 Å². The van der Waals surface area contributed by atoms with E-state index in [1.54, 1.807) is 13.8 Å². The summed E-state index contributed by atoms with van der Waals surface area (Å²) in [5.41, 5.74) is 0.493. The molecule has 30 heavy (non-hydrogen) atoms. The molecule has 0 radical (unpaired) electrons. The molecule has 1 aromatic rings. The SMILES string of the molecule is CC(=O)OCc1ccc(O[C@@H]2O[C@H](C(=O)O)[C@@H](O)[C@H](O)[C@H]2O)c(C(=O)NC(C)C)c1. The first-order valence-electron chi connectivity index (χ1n) is 9.17. The van der Waals surface area contributed by atoms with Crippen molar-refractivity contribution in [2.75, 3.05) is 0 Å². The number of hydrogen-bond acceptors (Lipinski definition) is 9. The number of carbonyl (C=O) groups is 3. The highest BCUT2D eigenvalue weighted by Gasteiger charge is 2.48. The fraction of sp³-hybridized carbons (Fsp3) is 0.526. The van der Waals surface area contributed by atoms with Crippen LogP contribution in [0.4, 0.5) is 0 Å². The predicted molar refractivity (Wildman–Crippen MR) is 99.5 cm³/mol. The maximum absolute atomic E-state index is 12.6. The number of rotatable bonds is 7. The van der Waals surface area contributed by atoms with E-state index in [4.69, 9.17) is 19.3 Å². The van der Waals surface area contributed by atoms with Crippen LogP contribution in [0.15, 0.2) is 18.2 Å². The van der Waals surface area contributed by atoms with Gasteiger partial charge < -0.3 is 40.0 Å². The highest BCUT2D eigenvalue weighted by atomic mass is 16.7. The summed E-state index contributed by atoms with van der Waals surface area (Å²) in [5, 5.41) is 41.6. The van der Waals surface area contributed by atoms with Crippen LogP contribution in [0.5, 0.6) is 5.75 Å². The first-order valence-corrected chi connectivity index (χ1v) is 9.17. The largest absolute Gasteiger partial charge is 0.479 e. The van der Waals surface area contributed by atoms with Crippen LogP contribution in [-0.4, -0.2) is 75.0 Å². The first-order chi connectivity index (χ1) is 14.0. The Balaban J connectivity index is 2.33. The predicted octanol–water partition coefficient (Wildman–Crippen LogP) is -0.841. The van der Waals surface area contributed by atoms with E-state index >= 15 is 0 Å². The number of benzene rings is 1. The molecule has 1 fully saturated rings. The van der Waals surface area contributed by atoms with Crippen molar-refractivity contribution in [2.45, 2.75) is 64.1 Å². The lowest BCUT2D eigenvalue weighted by molar-refractivity contribution is -0.271. The number of nitrogens with one attached hydrogen (secondary N) is 1. The Hall–Kier alpha value is -2.73. The van der Waals surface area contributed by atoms with Crippen molar-refractivity contribution in [1.29, 1.82) is 0 Å². The molecule has 0 aromatic heterocycles. The number of ether oxygens (including phenoxy) is 3. The molecular formula is C19H25NO10. The Kier molecular flexibility index (Phi) is 7.73. The molecule has 1 amide bonds. The number of carbonyl (C=O) groups excluding carboxylic acids is 2. The Labute approximate surface area is 172 Å². The van der Waals surface area contributed by atoms with Gasteiger partial charge in [-0.25, -0.2) is 4.79 Å². The Morgan fingerprint density at radius 1 is 1.13 bits per heavy atom. The topological polar surface area (TPSA) is 172 Å². The van der Waals surface area contributed by atoms with Crippen LogP contribution in [0.25, 0.3) is 0 Å². The summed E-state index contributed by atoms with van der Waals surface area (Å²) in [6.07, 6.45) is -9.01. The molecule has 1 aliphatic heterocycles. The first kappa shape index (κ1) is 23.5. The Morgan fingerprint density at radius 2 is 1.80 bits per heavy atom. The summed E-state index contributed by atoms with van der Waals surface area (Å²) in [5.74, 6) is -2.67. The third-order valence-electron chi connectivity index (χ3n) is 4.21. The van der Waals surface area contributed by atoms with Crippen LogP contribution in [0.3, 0.4) is 0 Å². The van der Waals surface area contributed by atoms with E-state index in [0.717, 1.165) is 0 Å². The second-order valence-electron chi connectivity index (χ2n) is 7.09. The molecule has 0 unspecified atom stereocenters. The van der Waals surface area contributed by atoms with Crippen molar-refractivity contribution in [1.82, 2.24) is 5.32 Å². The molecule has 1 aromatic carbocycles. The lowest BCUT2D eigenvalue weighted by Gasteiger charge is -2.38. The molecule has 5 atom stereocenters. The Bertz CT molecular complexity index is 796. The molecule has 0 bridgehead atoms. The van der Waals surface area contributed by atoms with Crippen LogP contribution in [0.2, 0.25) is 0 Å². The van der Waals surface area contributed by atoms with Crippen molar-refractivity contribution in [2.24, 2.45) is 0 Å². The van der Waals surface area contributed by atoms with Gasteiger partial charge in [-0.15, -0.1) is 0 Å². The van der Waals surface area contributed by atoms with Gasteiger partial charge in [0.2, 0.25) is 6.29 Å². The van der Waals surface area contributed by atoms with E-state index < -0.39 is 48.6 Å². The van der Waals surface area contributed by atoms with Crippen molar-refractivity contribution < 1.29 is 49.0 Å². The van der Waals surface area contributed by atoms with E-state index in [0.29, 0.717) is 5.56 Å². The molecular weight excluding hydrogens is 402 g/mol. The summed E-state index contributed by atoms with van der Waals surface area (Å²) < 4.78 is 15.5. The van der Waals surface area contributed by atoms with E-state index in [-0.39, 0.29) is 24.0 Å². The average Bonchev–Trinajstić information content (AvgIpc) is 2.66. The van der Waals surface area contributed by atoms with Gasteiger partial charge in [-0.2, -0.15) is 0 Å². The monoisotopic (exact) mass is 427 g/mol. The number of carboxylic acids is 1. The molecule has 11 nitrogen and oxygen atoms in total. The van der Waals surface area contributed by atoms with E-state index in [1.807, 2.05) is 0 Å². The second-order valence-corrected chi connectivity index (χ2v) is 7.09. The van der Waals surface area contributed by atoms with Gasteiger partial charge in [-0.05, 0) is 31.5 Å². The highest BCUT2D eigenvalue weighted by Crippen LogP contribution is 2.28. The lowest BCUT2D eigenvalue weighted by atomic mass is 9.99. The normalized spacial score (nSPS) is 26.2. The van der Waals surface area contributed by atoms with Crippen molar-refractivity contribution in [3.05, 3.63) is 29.3 Å². The number of aliphatic hydroxyl groups is 3. The Morgan fingerprint density at radius 3 is 2.37 bits per heavy atom. The number of hydrogen-bond donors (Lipinski definition) is 5.